The van der Waals surface area contributed by atoms with Crippen LogP contribution in [0.3, 0.4) is 0 Å². The quantitative estimate of drug-likeness (QED) is 0.721. The second-order valence-electron chi connectivity index (χ2n) is 6.33. The van der Waals surface area contributed by atoms with E-state index in [2.05, 4.69) is 5.32 Å². The van der Waals surface area contributed by atoms with Crippen LogP contribution >= 0.6 is 0 Å². The number of cyclic esters (lactones) is 1. The van der Waals surface area contributed by atoms with Crippen LogP contribution < -0.4 is 10.1 Å². The first-order chi connectivity index (χ1) is 14.1. The molecule has 1 aliphatic rings. The number of benzene rings is 2. The molecule has 2 amide bonds. The molecule has 152 valence electrons. The lowest BCUT2D eigenvalue weighted by atomic mass is 10.2. The van der Waals surface area contributed by atoms with Gasteiger partial charge in [0.25, 0.3) is 0 Å². The Morgan fingerprint density at radius 2 is 1.86 bits per heavy atom. The van der Waals surface area contributed by atoms with Gasteiger partial charge in [0, 0.05) is 5.69 Å². The Balaban J connectivity index is 1.55. The summed E-state index contributed by atoms with van der Waals surface area (Å²) in [5, 5.41) is 2.69. The van der Waals surface area contributed by atoms with Gasteiger partial charge in [-0.1, -0.05) is 30.3 Å². The minimum atomic E-state index is -1.03. The van der Waals surface area contributed by atoms with Crippen molar-refractivity contribution in [1.29, 1.82) is 0 Å². The van der Waals surface area contributed by atoms with Crippen molar-refractivity contribution in [1.82, 2.24) is 4.90 Å². The summed E-state index contributed by atoms with van der Waals surface area (Å²) in [5.41, 5.74) is 1.38. The monoisotopic (exact) mass is 398 g/mol. The molecule has 8 nitrogen and oxygen atoms in total. The summed E-state index contributed by atoms with van der Waals surface area (Å²) in [4.78, 5) is 37.8. The van der Waals surface area contributed by atoms with Gasteiger partial charge in [-0.05, 0) is 36.8 Å². The fourth-order valence-corrected chi connectivity index (χ4v) is 2.81. The lowest BCUT2D eigenvalue weighted by Gasteiger charge is -2.19. The number of ether oxygens (including phenoxy) is 3. The molecule has 0 bridgehead atoms. The number of esters is 1. The van der Waals surface area contributed by atoms with Crippen LogP contribution in [0.25, 0.3) is 0 Å². The zero-order valence-corrected chi connectivity index (χ0v) is 16.0. The largest absolute Gasteiger partial charge is 0.494 e. The van der Waals surface area contributed by atoms with Crippen molar-refractivity contribution >= 4 is 23.7 Å². The average Bonchev–Trinajstić information content (AvgIpc) is 3.09. The number of rotatable bonds is 7. The van der Waals surface area contributed by atoms with Gasteiger partial charge in [-0.2, -0.15) is 0 Å². The first-order valence-electron chi connectivity index (χ1n) is 9.23. The third-order valence-corrected chi connectivity index (χ3v) is 4.26. The Hall–Kier alpha value is -3.55. The molecule has 8 heteroatoms. The molecule has 1 aliphatic heterocycles. The van der Waals surface area contributed by atoms with Crippen molar-refractivity contribution in [2.24, 2.45) is 0 Å². The highest BCUT2D eigenvalue weighted by Gasteiger charge is 2.40. The van der Waals surface area contributed by atoms with Gasteiger partial charge in [0.2, 0.25) is 5.91 Å². The molecule has 2 aromatic carbocycles. The van der Waals surface area contributed by atoms with Gasteiger partial charge in [0.05, 0.1) is 13.0 Å². The van der Waals surface area contributed by atoms with Gasteiger partial charge in [0.1, 0.15) is 18.4 Å². The highest BCUT2D eigenvalue weighted by atomic mass is 16.6. The van der Waals surface area contributed by atoms with Gasteiger partial charge >= 0.3 is 12.1 Å². The van der Waals surface area contributed by atoms with Gasteiger partial charge in [0.15, 0.2) is 6.73 Å². The molecule has 0 saturated carbocycles. The first-order valence-corrected chi connectivity index (χ1v) is 9.23. The third-order valence-electron chi connectivity index (χ3n) is 4.26. The fourth-order valence-electron chi connectivity index (χ4n) is 2.81. The van der Waals surface area contributed by atoms with Gasteiger partial charge in [-0.25, -0.2) is 9.59 Å². The van der Waals surface area contributed by atoms with E-state index in [1.807, 2.05) is 37.3 Å². The van der Waals surface area contributed by atoms with Crippen LogP contribution in [0.15, 0.2) is 54.6 Å². The molecule has 3 rings (SSSR count). The molecule has 0 unspecified atom stereocenters. The maximum atomic E-state index is 12.3. The maximum absolute atomic E-state index is 12.3. The van der Waals surface area contributed by atoms with Crippen molar-refractivity contribution in [3.8, 4) is 5.75 Å². The van der Waals surface area contributed by atoms with E-state index in [0.29, 0.717) is 18.0 Å². The summed E-state index contributed by atoms with van der Waals surface area (Å²) in [6, 6.07) is 15.0. The number of nitrogens with zero attached hydrogens (tertiary/aromatic N) is 1. The Labute approximate surface area is 168 Å². The standard InChI is InChI=1S/C21H22N2O6/c1-2-27-17-10-8-16(9-11-17)22-19(24)12-18-20(25)29-14-23(18)21(26)28-13-15-6-4-3-5-7-15/h3-11,18H,2,12-14H2,1H3,(H,22,24)/t18-/m1/s1. The minimum absolute atomic E-state index is 0.0649. The normalized spacial score (nSPS) is 15.6. The zero-order chi connectivity index (χ0) is 20.6. The van der Waals surface area contributed by atoms with E-state index in [-0.39, 0.29) is 19.8 Å². The van der Waals surface area contributed by atoms with Gasteiger partial charge in [-0.3, -0.25) is 9.69 Å². The number of hydrogen-bond donors (Lipinski definition) is 1. The van der Waals surface area contributed by atoms with Crippen molar-refractivity contribution in [2.75, 3.05) is 18.7 Å². The van der Waals surface area contributed by atoms with Crippen LogP contribution in [0.2, 0.25) is 0 Å². The zero-order valence-electron chi connectivity index (χ0n) is 16.0. The van der Waals surface area contributed by atoms with E-state index >= 15 is 0 Å². The van der Waals surface area contributed by atoms with E-state index in [1.54, 1.807) is 24.3 Å². The molecule has 29 heavy (non-hydrogen) atoms. The molecular formula is C21H22N2O6. The Kier molecular flexibility index (Phi) is 6.67. The van der Waals surface area contributed by atoms with Crippen LogP contribution in [0.4, 0.5) is 10.5 Å². The summed E-state index contributed by atoms with van der Waals surface area (Å²) in [5.74, 6) is -0.361. The summed E-state index contributed by atoms with van der Waals surface area (Å²) in [6.07, 6.45) is -0.939. The second kappa shape index (κ2) is 9.59. The van der Waals surface area contributed by atoms with Crippen molar-refractivity contribution in [2.45, 2.75) is 26.0 Å². The fraction of sp³-hybridized carbons (Fsp3) is 0.286. The Bertz CT molecular complexity index is 853. The Morgan fingerprint density at radius 1 is 1.14 bits per heavy atom. The molecule has 1 fully saturated rings. The Morgan fingerprint density at radius 3 is 2.55 bits per heavy atom. The number of hydrogen-bond acceptors (Lipinski definition) is 6. The minimum Gasteiger partial charge on any atom is -0.494 e. The second-order valence-corrected chi connectivity index (χ2v) is 6.33. The van der Waals surface area contributed by atoms with E-state index in [0.717, 1.165) is 10.5 Å². The smallest absolute Gasteiger partial charge is 0.413 e. The van der Waals surface area contributed by atoms with Crippen LogP contribution in [0, 0.1) is 0 Å². The number of carbonyl (C=O) groups excluding carboxylic acids is 3. The number of nitrogens with one attached hydrogen (secondary N) is 1. The summed E-state index contributed by atoms with van der Waals surface area (Å²) < 4.78 is 15.5. The van der Waals surface area contributed by atoms with E-state index in [9.17, 15) is 14.4 Å². The SMILES string of the molecule is CCOc1ccc(NC(=O)C[C@@H]2C(=O)OCN2C(=O)OCc2ccccc2)cc1. The molecule has 1 atom stereocenters. The van der Waals surface area contributed by atoms with Crippen LogP contribution in [-0.2, 0) is 25.7 Å². The molecule has 0 spiro atoms. The lowest BCUT2D eigenvalue weighted by Crippen LogP contribution is -2.40. The van der Waals surface area contributed by atoms with Crippen molar-refractivity contribution < 1.29 is 28.6 Å². The maximum Gasteiger partial charge on any atom is 0.413 e. The summed E-state index contributed by atoms with van der Waals surface area (Å²) in [6.45, 7) is 2.25. The highest BCUT2D eigenvalue weighted by Crippen LogP contribution is 2.19. The van der Waals surface area contributed by atoms with Crippen molar-refractivity contribution in [3.63, 3.8) is 0 Å². The number of anilines is 1. The van der Waals surface area contributed by atoms with Crippen LogP contribution in [0.5, 0.6) is 5.75 Å². The number of amides is 2. The molecule has 0 aromatic heterocycles. The van der Waals surface area contributed by atoms with Gasteiger partial charge < -0.3 is 19.5 Å². The summed E-state index contributed by atoms with van der Waals surface area (Å²) in [7, 11) is 0. The predicted molar refractivity (Wildman–Crippen MR) is 104 cm³/mol. The van der Waals surface area contributed by atoms with E-state index in [4.69, 9.17) is 14.2 Å². The van der Waals surface area contributed by atoms with E-state index in [1.165, 1.54) is 0 Å². The summed E-state index contributed by atoms with van der Waals surface area (Å²) >= 11 is 0. The topological polar surface area (TPSA) is 94.2 Å². The molecule has 2 aromatic rings. The molecule has 1 heterocycles. The lowest BCUT2D eigenvalue weighted by molar-refractivity contribution is -0.140. The molecule has 1 N–H and O–H groups in total. The molecule has 0 aliphatic carbocycles. The molecular weight excluding hydrogens is 376 g/mol. The van der Waals surface area contributed by atoms with Crippen LogP contribution in [-0.4, -0.2) is 42.2 Å². The highest BCUT2D eigenvalue weighted by molar-refractivity contribution is 5.96. The van der Waals surface area contributed by atoms with Crippen LogP contribution in [0.1, 0.15) is 18.9 Å². The predicted octanol–water partition coefficient (Wildman–Crippen LogP) is 2.94. The number of carbonyl (C=O) groups is 3. The third kappa shape index (κ3) is 5.47. The van der Waals surface area contributed by atoms with Gasteiger partial charge in [-0.15, -0.1) is 0 Å². The van der Waals surface area contributed by atoms with E-state index < -0.39 is 24.0 Å². The average molecular weight is 398 g/mol. The molecule has 0 radical (unpaired) electrons. The first kappa shape index (κ1) is 20.2. The molecule has 1 saturated heterocycles. The van der Waals surface area contributed by atoms with Crippen molar-refractivity contribution in [3.05, 3.63) is 60.2 Å².